The van der Waals surface area contributed by atoms with Gasteiger partial charge in [0.15, 0.2) is 0 Å². The Morgan fingerprint density at radius 2 is 1.54 bits per heavy atom. The lowest BCUT2D eigenvalue weighted by molar-refractivity contribution is -0.385. The maximum Gasteiger partial charge on any atom is 0.273 e. The van der Waals surface area contributed by atoms with Crippen molar-refractivity contribution >= 4 is 15.7 Å². The number of nitro benzene ring substituents is 1. The van der Waals surface area contributed by atoms with Gasteiger partial charge in [-0.15, -0.1) is 0 Å². The first-order valence-corrected chi connectivity index (χ1v) is 10.2. The van der Waals surface area contributed by atoms with E-state index < -0.39 is 21.0 Å². The van der Waals surface area contributed by atoms with Gasteiger partial charge in [-0.2, -0.15) is 0 Å². The second-order valence-electron chi connectivity index (χ2n) is 6.54. The van der Waals surface area contributed by atoms with Crippen LogP contribution < -0.4 is 4.72 Å². The van der Waals surface area contributed by atoms with Crippen molar-refractivity contribution in [3.63, 3.8) is 0 Å². The fourth-order valence-corrected chi connectivity index (χ4v) is 4.17. The predicted molar refractivity (Wildman–Crippen MR) is 108 cm³/mol. The largest absolute Gasteiger partial charge is 0.273 e. The first-order chi connectivity index (χ1) is 13.3. The molecule has 0 bridgehead atoms. The molecule has 0 saturated carbocycles. The van der Waals surface area contributed by atoms with E-state index in [1.807, 2.05) is 54.6 Å². The lowest BCUT2D eigenvalue weighted by Crippen LogP contribution is -2.27. The third-order valence-electron chi connectivity index (χ3n) is 4.54. The van der Waals surface area contributed by atoms with Crippen LogP contribution in [0.2, 0.25) is 0 Å². The Bertz CT molecular complexity index is 1100. The number of hydrogen-bond donors (Lipinski definition) is 1. The Hall–Kier alpha value is -3.03. The molecule has 3 aromatic rings. The summed E-state index contributed by atoms with van der Waals surface area (Å²) in [5, 5.41) is 11.1. The highest BCUT2D eigenvalue weighted by Gasteiger charge is 2.22. The average Bonchev–Trinajstić information content (AvgIpc) is 2.68. The Morgan fingerprint density at radius 1 is 0.929 bits per heavy atom. The second kappa shape index (κ2) is 7.92. The molecule has 6 nitrogen and oxygen atoms in total. The van der Waals surface area contributed by atoms with Gasteiger partial charge in [0.05, 0.1) is 9.82 Å². The van der Waals surface area contributed by atoms with E-state index in [0.717, 1.165) is 22.8 Å². The zero-order valence-electron chi connectivity index (χ0n) is 15.5. The molecule has 0 fully saturated rings. The van der Waals surface area contributed by atoms with Crippen molar-refractivity contribution in [1.29, 1.82) is 0 Å². The summed E-state index contributed by atoms with van der Waals surface area (Å²) in [4.78, 5) is 10.4. The van der Waals surface area contributed by atoms with Crippen LogP contribution in [0.1, 0.15) is 24.1 Å². The summed E-state index contributed by atoms with van der Waals surface area (Å²) in [6.07, 6.45) is 0. The maximum absolute atomic E-state index is 12.7. The minimum Gasteiger partial charge on any atom is -0.258 e. The zero-order valence-corrected chi connectivity index (χ0v) is 16.3. The number of sulfonamides is 1. The van der Waals surface area contributed by atoms with Crippen LogP contribution in [0.4, 0.5) is 5.69 Å². The van der Waals surface area contributed by atoms with Crippen molar-refractivity contribution in [2.75, 3.05) is 0 Å². The van der Waals surface area contributed by atoms with E-state index >= 15 is 0 Å². The SMILES string of the molecule is Cc1ccc(S(=O)(=O)N[C@H](C)c2ccc(-c3ccccc3)cc2)cc1[N+](=O)[O-]. The third-order valence-corrected chi connectivity index (χ3v) is 6.08. The van der Waals surface area contributed by atoms with Crippen LogP contribution in [0.25, 0.3) is 11.1 Å². The van der Waals surface area contributed by atoms with E-state index in [4.69, 9.17) is 0 Å². The molecule has 0 amide bonds. The summed E-state index contributed by atoms with van der Waals surface area (Å²) < 4.78 is 27.9. The van der Waals surface area contributed by atoms with Crippen molar-refractivity contribution in [1.82, 2.24) is 4.72 Å². The average molecular weight is 396 g/mol. The number of nitrogens with zero attached hydrogens (tertiary/aromatic N) is 1. The normalized spacial score (nSPS) is 12.5. The fraction of sp³-hybridized carbons (Fsp3) is 0.143. The summed E-state index contributed by atoms with van der Waals surface area (Å²) in [6, 6.07) is 20.9. The molecule has 28 heavy (non-hydrogen) atoms. The second-order valence-corrected chi connectivity index (χ2v) is 8.25. The van der Waals surface area contributed by atoms with E-state index in [1.54, 1.807) is 13.8 Å². The number of rotatable bonds is 6. The number of benzene rings is 3. The standard InChI is InChI=1S/C21H20N2O4S/c1-15-8-13-20(14-21(15)23(24)25)28(26,27)22-16(2)17-9-11-19(12-10-17)18-6-4-3-5-7-18/h3-14,16,22H,1-2H3/t16-/m1/s1. The lowest BCUT2D eigenvalue weighted by Gasteiger charge is -2.15. The van der Waals surface area contributed by atoms with Crippen LogP contribution in [-0.2, 0) is 10.0 Å². The smallest absolute Gasteiger partial charge is 0.258 e. The highest BCUT2D eigenvalue weighted by Crippen LogP contribution is 2.25. The molecule has 0 saturated heterocycles. The monoisotopic (exact) mass is 396 g/mol. The minimum atomic E-state index is -3.90. The summed E-state index contributed by atoms with van der Waals surface area (Å²) >= 11 is 0. The zero-order chi connectivity index (χ0) is 20.3. The van der Waals surface area contributed by atoms with Gasteiger partial charge in [0.25, 0.3) is 5.69 Å². The number of hydrogen-bond acceptors (Lipinski definition) is 4. The summed E-state index contributed by atoms with van der Waals surface area (Å²) in [7, 11) is -3.90. The molecule has 1 atom stereocenters. The van der Waals surface area contributed by atoms with Crippen molar-refractivity contribution in [3.8, 4) is 11.1 Å². The topological polar surface area (TPSA) is 89.3 Å². The lowest BCUT2D eigenvalue weighted by atomic mass is 10.0. The first-order valence-electron chi connectivity index (χ1n) is 8.71. The van der Waals surface area contributed by atoms with Gasteiger partial charge in [0.2, 0.25) is 10.0 Å². The van der Waals surface area contributed by atoms with E-state index in [0.29, 0.717) is 5.56 Å². The van der Waals surface area contributed by atoms with Crippen LogP contribution >= 0.6 is 0 Å². The molecule has 3 rings (SSSR count). The molecular formula is C21H20N2O4S. The maximum atomic E-state index is 12.7. The molecule has 0 aliphatic carbocycles. The van der Waals surface area contributed by atoms with Crippen molar-refractivity contribution in [3.05, 3.63) is 94.0 Å². The molecule has 144 valence electrons. The minimum absolute atomic E-state index is 0.127. The van der Waals surface area contributed by atoms with E-state index in [9.17, 15) is 18.5 Å². The molecule has 7 heteroatoms. The van der Waals surface area contributed by atoms with Gasteiger partial charge in [-0.25, -0.2) is 13.1 Å². The molecule has 0 spiro atoms. The molecule has 3 aromatic carbocycles. The van der Waals surface area contributed by atoms with Crippen molar-refractivity contribution in [2.24, 2.45) is 0 Å². The molecule has 1 N–H and O–H groups in total. The predicted octanol–water partition coefficient (Wildman–Crippen LogP) is 4.61. The van der Waals surface area contributed by atoms with Gasteiger partial charge in [-0.1, -0.05) is 60.7 Å². The van der Waals surface area contributed by atoms with Gasteiger partial charge in [0, 0.05) is 17.7 Å². The Kier molecular flexibility index (Phi) is 5.58. The Morgan fingerprint density at radius 3 is 2.14 bits per heavy atom. The summed E-state index contributed by atoms with van der Waals surface area (Å²) in [5.74, 6) is 0. The fourth-order valence-electron chi connectivity index (χ4n) is 2.92. The molecule has 0 aliphatic heterocycles. The van der Waals surface area contributed by atoms with Crippen LogP contribution in [-0.4, -0.2) is 13.3 Å². The molecule has 0 heterocycles. The number of nitro groups is 1. The van der Waals surface area contributed by atoms with Gasteiger partial charge >= 0.3 is 0 Å². The van der Waals surface area contributed by atoms with Crippen molar-refractivity contribution < 1.29 is 13.3 Å². The Balaban J connectivity index is 1.81. The van der Waals surface area contributed by atoms with Crippen LogP contribution in [0, 0.1) is 17.0 Å². The third kappa shape index (κ3) is 4.27. The van der Waals surface area contributed by atoms with Crippen LogP contribution in [0.3, 0.4) is 0 Å². The molecule has 0 aromatic heterocycles. The first kappa shape index (κ1) is 19.7. The summed E-state index contributed by atoms with van der Waals surface area (Å²) in [6.45, 7) is 3.30. The van der Waals surface area contributed by atoms with Gasteiger partial charge in [-0.3, -0.25) is 10.1 Å². The summed E-state index contributed by atoms with van der Waals surface area (Å²) in [5.41, 5.74) is 3.10. The van der Waals surface area contributed by atoms with Gasteiger partial charge in [-0.05, 0) is 36.6 Å². The highest BCUT2D eigenvalue weighted by molar-refractivity contribution is 7.89. The molecular weight excluding hydrogens is 376 g/mol. The quantitative estimate of drug-likeness (QED) is 0.487. The van der Waals surface area contributed by atoms with Gasteiger partial charge in [0.1, 0.15) is 0 Å². The number of aryl methyl sites for hydroxylation is 1. The highest BCUT2D eigenvalue weighted by atomic mass is 32.2. The number of nitrogens with one attached hydrogen (secondary N) is 1. The molecule has 0 radical (unpaired) electrons. The van der Waals surface area contributed by atoms with E-state index in [2.05, 4.69) is 4.72 Å². The van der Waals surface area contributed by atoms with Crippen LogP contribution in [0.5, 0.6) is 0 Å². The molecule has 0 unspecified atom stereocenters. The Labute approximate surface area is 164 Å². The van der Waals surface area contributed by atoms with E-state index in [1.165, 1.54) is 12.1 Å². The van der Waals surface area contributed by atoms with Crippen LogP contribution in [0.15, 0.2) is 77.7 Å². The van der Waals surface area contributed by atoms with Gasteiger partial charge < -0.3 is 0 Å². The molecule has 0 aliphatic rings. The van der Waals surface area contributed by atoms with E-state index in [-0.39, 0.29) is 10.6 Å². The van der Waals surface area contributed by atoms with Crippen molar-refractivity contribution in [2.45, 2.75) is 24.8 Å².